The normalized spacial score (nSPS) is 12.2. The first-order valence-corrected chi connectivity index (χ1v) is 7.60. The van der Waals surface area contributed by atoms with Crippen molar-refractivity contribution < 1.29 is 21.6 Å². The predicted molar refractivity (Wildman–Crippen MR) is 63.4 cm³/mol. The van der Waals surface area contributed by atoms with Crippen molar-refractivity contribution in [2.75, 3.05) is 0 Å². The van der Waals surface area contributed by atoms with Crippen LogP contribution in [0, 0.1) is 11.3 Å². The maximum Gasteiger partial charge on any atom is 0.446 e. The Labute approximate surface area is 115 Å². The first-order valence-electron chi connectivity index (χ1n) is 4.02. The molecular formula is C8H3ClF3NO2S3. The van der Waals surface area contributed by atoms with E-state index < -0.39 is 36.1 Å². The Kier molecular flexibility index (Phi) is 4.48. The van der Waals surface area contributed by atoms with E-state index in [0.717, 1.165) is 12.1 Å². The second-order valence-corrected chi connectivity index (χ2v) is 6.94. The van der Waals surface area contributed by atoms with Crippen LogP contribution in [0.2, 0.25) is 0 Å². The van der Waals surface area contributed by atoms with Crippen LogP contribution < -0.4 is 0 Å². The summed E-state index contributed by atoms with van der Waals surface area (Å²) in [6.07, 6.45) is 0. The molecule has 0 atom stereocenters. The summed E-state index contributed by atoms with van der Waals surface area (Å²) in [5.74, 6) is 0. The molecule has 3 nitrogen and oxygen atoms in total. The van der Waals surface area contributed by atoms with E-state index in [2.05, 4.69) is 12.6 Å². The van der Waals surface area contributed by atoms with Gasteiger partial charge in [0.15, 0.2) is 0 Å². The Bertz CT molecular complexity index is 622. The summed E-state index contributed by atoms with van der Waals surface area (Å²) in [4.78, 5) is -1.81. The number of hydrogen-bond acceptors (Lipinski definition) is 5. The van der Waals surface area contributed by atoms with Gasteiger partial charge >= 0.3 is 5.51 Å². The van der Waals surface area contributed by atoms with Gasteiger partial charge in [-0.2, -0.15) is 18.4 Å². The summed E-state index contributed by atoms with van der Waals surface area (Å²) < 4.78 is 59.3. The van der Waals surface area contributed by atoms with Crippen LogP contribution in [-0.4, -0.2) is 13.9 Å². The molecule has 0 radical (unpaired) electrons. The fourth-order valence-electron chi connectivity index (χ4n) is 1.05. The first kappa shape index (κ1) is 15.5. The van der Waals surface area contributed by atoms with Crippen molar-refractivity contribution in [2.45, 2.75) is 20.2 Å². The summed E-state index contributed by atoms with van der Waals surface area (Å²) in [6.45, 7) is 0. The van der Waals surface area contributed by atoms with Crippen molar-refractivity contribution in [1.82, 2.24) is 0 Å². The van der Waals surface area contributed by atoms with Crippen molar-refractivity contribution in [2.24, 2.45) is 0 Å². The lowest BCUT2D eigenvalue weighted by Crippen LogP contribution is -2.04. The molecule has 98 valence electrons. The second kappa shape index (κ2) is 5.21. The zero-order chi connectivity index (χ0) is 14.1. The number of benzene rings is 1. The minimum atomic E-state index is -4.72. The van der Waals surface area contributed by atoms with Gasteiger partial charge in [0.25, 0.3) is 9.05 Å². The molecule has 0 aliphatic carbocycles. The van der Waals surface area contributed by atoms with E-state index in [4.69, 9.17) is 15.9 Å². The van der Waals surface area contributed by atoms with Gasteiger partial charge in [-0.25, -0.2) is 8.42 Å². The summed E-state index contributed by atoms with van der Waals surface area (Å²) in [5.41, 5.74) is -4.89. The maximum atomic E-state index is 12.3. The van der Waals surface area contributed by atoms with E-state index in [-0.39, 0.29) is 10.5 Å². The molecule has 1 aromatic carbocycles. The third-order valence-corrected chi connectivity index (χ3v) is 4.67. The van der Waals surface area contributed by atoms with Crippen LogP contribution in [-0.2, 0) is 9.05 Å². The van der Waals surface area contributed by atoms with Gasteiger partial charge in [0.2, 0.25) is 0 Å². The molecule has 0 bridgehead atoms. The highest BCUT2D eigenvalue weighted by atomic mass is 35.7. The molecule has 0 fully saturated rings. The Morgan fingerprint density at radius 2 is 1.94 bits per heavy atom. The molecular weight excluding hydrogens is 331 g/mol. The van der Waals surface area contributed by atoms with E-state index in [9.17, 15) is 21.6 Å². The largest absolute Gasteiger partial charge is 0.446 e. The van der Waals surface area contributed by atoms with Crippen LogP contribution in [0.1, 0.15) is 5.56 Å². The number of thiol groups is 1. The molecule has 10 heteroatoms. The summed E-state index contributed by atoms with van der Waals surface area (Å²) in [6, 6.07) is 3.49. The Morgan fingerprint density at radius 3 is 2.33 bits per heavy atom. The molecule has 18 heavy (non-hydrogen) atoms. The van der Waals surface area contributed by atoms with Crippen LogP contribution in [0.3, 0.4) is 0 Å². The number of hydrogen-bond donors (Lipinski definition) is 1. The zero-order valence-electron chi connectivity index (χ0n) is 8.19. The molecule has 0 amide bonds. The maximum absolute atomic E-state index is 12.3. The third-order valence-electron chi connectivity index (χ3n) is 1.70. The quantitative estimate of drug-likeness (QED) is 0.512. The Balaban J connectivity index is 3.57. The van der Waals surface area contributed by atoms with E-state index in [1.165, 1.54) is 0 Å². The van der Waals surface area contributed by atoms with Crippen molar-refractivity contribution in [3.8, 4) is 6.07 Å². The molecule has 0 saturated heterocycles. The molecule has 0 heterocycles. The number of alkyl halides is 3. The highest BCUT2D eigenvalue weighted by Gasteiger charge is 2.34. The molecule has 0 aromatic heterocycles. The zero-order valence-corrected chi connectivity index (χ0v) is 11.5. The van der Waals surface area contributed by atoms with E-state index in [0.29, 0.717) is 0 Å². The molecule has 1 rings (SSSR count). The van der Waals surface area contributed by atoms with E-state index >= 15 is 0 Å². The second-order valence-electron chi connectivity index (χ2n) is 2.89. The Hall–Kier alpha value is -0.560. The number of halogens is 4. The average Bonchev–Trinajstić information content (AvgIpc) is 2.17. The first-order chi connectivity index (χ1) is 8.06. The fourth-order valence-corrected chi connectivity index (χ4v) is 3.64. The monoisotopic (exact) mass is 333 g/mol. The van der Waals surface area contributed by atoms with E-state index in [1.807, 2.05) is 0 Å². The van der Waals surface area contributed by atoms with Gasteiger partial charge in [0.05, 0.1) is 15.4 Å². The lowest BCUT2D eigenvalue weighted by atomic mass is 10.2. The van der Waals surface area contributed by atoms with Crippen molar-refractivity contribution in [1.29, 1.82) is 5.26 Å². The van der Waals surface area contributed by atoms with Gasteiger partial charge < -0.3 is 0 Å². The highest BCUT2D eigenvalue weighted by Crippen LogP contribution is 2.44. The number of rotatable bonds is 2. The van der Waals surface area contributed by atoms with Gasteiger partial charge in [-0.15, -0.1) is 12.6 Å². The van der Waals surface area contributed by atoms with Crippen LogP contribution in [0.25, 0.3) is 0 Å². The fraction of sp³-hybridized carbons (Fsp3) is 0.125. The van der Waals surface area contributed by atoms with Gasteiger partial charge in [0.1, 0.15) is 6.07 Å². The van der Waals surface area contributed by atoms with E-state index in [1.54, 1.807) is 6.07 Å². The Morgan fingerprint density at radius 1 is 1.39 bits per heavy atom. The molecule has 0 saturated carbocycles. The smallest absolute Gasteiger partial charge is 0.207 e. The topological polar surface area (TPSA) is 57.9 Å². The van der Waals surface area contributed by atoms with Crippen LogP contribution >= 0.6 is 35.1 Å². The molecule has 1 aromatic rings. The molecule has 0 spiro atoms. The van der Waals surface area contributed by atoms with Gasteiger partial charge in [-0.3, -0.25) is 0 Å². The van der Waals surface area contributed by atoms with Crippen LogP contribution in [0.15, 0.2) is 26.8 Å². The number of thioether (sulfide) groups is 1. The van der Waals surface area contributed by atoms with Crippen molar-refractivity contribution in [3.63, 3.8) is 0 Å². The third kappa shape index (κ3) is 3.71. The molecule has 0 aliphatic rings. The standard InChI is InChI=1S/C8H3ClF3NO2S3/c9-18(14,15)5-2-1-4(3-13)6(16)7(5)17-8(10,11)12/h1-2,16H. The summed E-state index contributed by atoms with van der Waals surface area (Å²) in [5, 5.41) is 8.66. The average molecular weight is 334 g/mol. The summed E-state index contributed by atoms with van der Waals surface area (Å²) >= 11 is 3.06. The predicted octanol–water partition coefficient (Wildman–Crippen LogP) is 3.39. The van der Waals surface area contributed by atoms with Crippen molar-refractivity contribution in [3.05, 3.63) is 17.7 Å². The van der Waals surface area contributed by atoms with Crippen LogP contribution in [0.4, 0.5) is 13.2 Å². The lowest BCUT2D eigenvalue weighted by molar-refractivity contribution is -0.0329. The van der Waals surface area contributed by atoms with Gasteiger partial charge in [-0.05, 0) is 23.9 Å². The molecule has 0 aliphatic heterocycles. The van der Waals surface area contributed by atoms with Gasteiger partial charge in [-0.1, -0.05) is 0 Å². The summed E-state index contributed by atoms with van der Waals surface area (Å²) in [7, 11) is 0.674. The SMILES string of the molecule is N#Cc1ccc(S(=O)(=O)Cl)c(SC(F)(F)F)c1S. The lowest BCUT2D eigenvalue weighted by Gasteiger charge is -2.12. The minimum absolute atomic E-state index is 0.172. The highest BCUT2D eigenvalue weighted by molar-refractivity contribution is 8.14. The molecule has 0 N–H and O–H groups in total. The van der Waals surface area contributed by atoms with Gasteiger partial charge in [0, 0.05) is 15.6 Å². The van der Waals surface area contributed by atoms with Crippen molar-refractivity contribution >= 4 is 44.1 Å². The molecule has 0 unspecified atom stereocenters. The number of nitrogens with zero attached hydrogens (tertiary/aromatic N) is 1. The minimum Gasteiger partial charge on any atom is -0.207 e. The number of nitriles is 1. The van der Waals surface area contributed by atoms with Crippen LogP contribution in [0.5, 0.6) is 0 Å².